The van der Waals surface area contributed by atoms with E-state index in [1.807, 2.05) is 21.6 Å². The maximum atomic E-state index is 12.3. The zero-order valence-corrected chi connectivity index (χ0v) is 10.8. The zero-order valence-electron chi connectivity index (χ0n) is 10.8. The number of rotatable bonds is 4. The number of nitrogens with zero attached hydrogens (tertiary/aromatic N) is 3. The number of piperazine rings is 1. The second kappa shape index (κ2) is 5.56. The molecule has 1 saturated carbocycles. The molecular weight excluding hydrogens is 234 g/mol. The maximum Gasteiger partial charge on any atom is 0.320 e. The fourth-order valence-electron chi connectivity index (χ4n) is 2.41. The number of hydrogen-bond donors (Lipinski definition) is 1. The largest absolute Gasteiger partial charge is 0.480 e. The van der Waals surface area contributed by atoms with Crippen molar-refractivity contribution in [1.82, 2.24) is 14.7 Å². The van der Waals surface area contributed by atoms with Gasteiger partial charge < -0.3 is 14.9 Å². The lowest BCUT2D eigenvalue weighted by atomic mass is 10.3. The Hall–Kier alpha value is -1.30. The first-order chi connectivity index (χ1) is 8.61. The van der Waals surface area contributed by atoms with Gasteiger partial charge in [-0.15, -0.1) is 0 Å². The molecule has 1 heterocycles. The van der Waals surface area contributed by atoms with Crippen molar-refractivity contribution in [2.45, 2.75) is 25.8 Å². The summed E-state index contributed by atoms with van der Waals surface area (Å²) < 4.78 is 0. The number of carbonyl (C=O) groups excluding carboxylic acids is 1. The number of carbonyl (C=O) groups is 2. The average Bonchev–Trinajstić information content (AvgIpc) is 3.14. The monoisotopic (exact) mass is 255 g/mol. The van der Waals surface area contributed by atoms with E-state index in [0.717, 1.165) is 19.4 Å². The number of amides is 2. The predicted molar refractivity (Wildman–Crippen MR) is 66.4 cm³/mol. The molecule has 6 heteroatoms. The van der Waals surface area contributed by atoms with Crippen LogP contribution in [0.4, 0.5) is 4.79 Å². The van der Waals surface area contributed by atoms with Crippen LogP contribution in [0.25, 0.3) is 0 Å². The highest BCUT2D eigenvalue weighted by Gasteiger charge is 2.34. The molecule has 2 aliphatic rings. The number of urea groups is 1. The molecule has 102 valence electrons. The van der Waals surface area contributed by atoms with Crippen molar-refractivity contribution in [3.05, 3.63) is 0 Å². The summed E-state index contributed by atoms with van der Waals surface area (Å²) >= 11 is 0. The Kier molecular flexibility index (Phi) is 4.06. The third-order valence-electron chi connectivity index (χ3n) is 3.58. The third kappa shape index (κ3) is 3.13. The van der Waals surface area contributed by atoms with Crippen LogP contribution in [0.3, 0.4) is 0 Å². The summed E-state index contributed by atoms with van der Waals surface area (Å²) in [5, 5.41) is 8.72. The van der Waals surface area contributed by atoms with Crippen LogP contribution in [0.1, 0.15) is 19.8 Å². The second-order valence-corrected chi connectivity index (χ2v) is 4.96. The molecule has 0 bridgehead atoms. The Morgan fingerprint density at radius 1 is 1.22 bits per heavy atom. The van der Waals surface area contributed by atoms with E-state index in [1.165, 1.54) is 0 Å². The Morgan fingerprint density at radius 3 is 2.28 bits per heavy atom. The van der Waals surface area contributed by atoms with E-state index in [-0.39, 0.29) is 12.6 Å². The van der Waals surface area contributed by atoms with E-state index < -0.39 is 5.97 Å². The van der Waals surface area contributed by atoms with Crippen LogP contribution >= 0.6 is 0 Å². The van der Waals surface area contributed by atoms with Gasteiger partial charge in [0.2, 0.25) is 0 Å². The Bertz CT molecular complexity index is 323. The topological polar surface area (TPSA) is 64.1 Å². The number of carboxylic acid groups (broad SMARTS) is 1. The Balaban J connectivity index is 1.81. The molecule has 1 N–H and O–H groups in total. The second-order valence-electron chi connectivity index (χ2n) is 4.96. The molecule has 2 fully saturated rings. The molecule has 0 spiro atoms. The van der Waals surface area contributed by atoms with Crippen LogP contribution in [-0.4, -0.2) is 77.1 Å². The fourth-order valence-corrected chi connectivity index (χ4v) is 2.41. The molecule has 2 amide bonds. The van der Waals surface area contributed by atoms with E-state index in [4.69, 9.17) is 5.11 Å². The predicted octanol–water partition coefficient (Wildman–Crippen LogP) is 0.293. The van der Waals surface area contributed by atoms with Crippen molar-refractivity contribution in [2.75, 3.05) is 39.3 Å². The summed E-state index contributed by atoms with van der Waals surface area (Å²) in [7, 11) is 0. The molecule has 0 aromatic heterocycles. The summed E-state index contributed by atoms with van der Waals surface area (Å²) in [5.74, 6) is -0.803. The van der Waals surface area contributed by atoms with Crippen LogP contribution in [0, 0.1) is 0 Å². The molecule has 18 heavy (non-hydrogen) atoms. The van der Waals surface area contributed by atoms with E-state index in [1.54, 1.807) is 0 Å². The van der Waals surface area contributed by atoms with Gasteiger partial charge in [-0.3, -0.25) is 9.69 Å². The first-order valence-corrected chi connectivity index (χ1v) is 6.61. The highest BCUT2D eigenvalue weighted by atomic mass is 16.4. The smallest absolute Gasteiger partial charge is 0.320 e. The number of aliphatic carboxylic acids is 1. The minimum Gasteiger partial charge on any atom is -0.480 e. The first kappa shape index (κ1) is 13.1. The van der Waals surface area contributed by atoms with E-state index in [2.05, 4.69) is 0 Å². The van der Waals surface area contributed by atoms with Crippen LogP contribution in [0.15, 0.2) is 0 Å². The van der Waals surface area contributed by atoms with Crippen LogP contribution in [0.5, 0.6) is 0 Å². The number of hydrogen-bond acceptors (Lipinski definition) is 3. The van der Waals surface area contributed by atoms with Crippen LogP contribution in [-0.2, 0) is 4.79 Å². The van der Waals surface area contributed by atoms with Gasteiger partial charge in [0.15, 0.2) is 0 Å². The molecule has 0 atom stereocenters. The molecule has 1 aliphatic carbocycles. The molecule has 1 saturated heterocycles. The minimum absolute atomic E-state index is 0.0716. The zero-order chi connectivity index (χ0) is 13.1. The summed E-state index contributed by atoms with van der Waals surface area (Å²) in [6.45, 7) is 5.42. The van der Waals surface area contributed by atoms with Crippen LogP contribution in [0.2, 0.25) is 0 Å². The molecule has 0 radical (unpaired) electrons. The molecule has 6 nitrogen and oxygen atoms in total. The lowest BCUT2D eigenvalue weighted by Crippen LogP contribution is -2.53. The van der Waals surface area contributed by atoms with Gasteiger partial charge >= 0.3 is 12.0 Å². The normalized spacial score (nSPS) is 20.8. The molecule has 0 unspecified atom stereocenters. The van der Waals surface area contributed by atoms with Gasteiger partial charge in [0, 0.05) is 38.8 Å². The summed E-state index contributed by atoms with van der Waals surface area (Å²) in [6.07, 6.45) is 2.25. The lowest BCUT2D eigenvalue weighted by Gasteiger charge is -2.36. The van der Waals surface area contributed by atoms with E-state index in [0.29, 0.717) is 32.2 Å². The quantitative estimate of drug-likeness (QED) is 0.784. The Morgan fingerprint density at radius 2 is 1.83 bits per heavy atom. The van der Waals surface area contributed by atoms with Crippen molar-refractivity contribution >= 4 is 12.0 Å². The van der Waals surface area contributed by atoms with Gasteiger partial charge in [-0.25, -0.2) is 4.79 Å². The van der Waals surface area contributed by atoms with Gasteiger partial charge in [0.05, 0.1) is 6.54 Å². The maximum absolute atomic E-state index is 12.3. The lowest BCUT2D eigenvalue weighted by molar-refractivity contribution is -0.138. The van der Waals surface area contributed by atoms with Crippen molar-refractivity contribution in [3.8, 4) is 0 Å². The summed E-state index contributed by atoms with van der Waals surface area (Å²) in [5.41, 5.74) is 0. The van der Waals surface area contributed by atoms with E-state index in [9.17, 15) is 9.59 Å². The van der Waals surface area contributed by atoms with Crippen molar-refractivity contribution in [2.24, 2.45) is 0 Å². The third-order valence-corrected chi connectivity index (χ3v) is 3.58. The molecular formula is C12H21N3O3. The minimum atomic E-state index is -0.803. The van der Waals surface area contributed by atoms with Crippen molar-refractivity contribution < 1.29 is 14.7 Å². The fraction of sp³-hybridized carbons (Fsp3) is 0.833. The number of carboxylic acids is 1. The SMILES string of the molecule is CCN(C(=O)N1CCN(CC(=O)O)CC1)C1CC1. The average molecular weight is 255 g/mol. The standard InChI is InChI=1S/C12H21N3O3/c1-2-15(10-3-4-10)12(18)14-7-5-13(6-8-14)9-11(16)17/h10H,2-9H2,1H3,(H,16,17). The van der Waals surface area contributed by atoms with E-state index >= 15 is 0 Å². The first-order valence-electron chi connectivity index (χ1n) is 6.61. The van der Waals surface area contributed by atoms with Gasteiger partial charge in [-0.1, -0.05) is 0 Å². The van der Waals surface area contributed by atoms with Crippen molar-refractivity contribution in [3.63, 3.8) is 0 Å². The van der Waals surface area contributed by atoms with Gasteiger partial charge in [0.1, 0.15) is 0 Å². The van der Waals surface area contributed by atoms with Crippen molar-refractivity contribution in [1.29, 1.82) is 0 Å². The van der Waals surface area contributed by atoms with Gasteiger partial charge in [-0.2, -0.15) is 0 Å². The highest BCUT2D eigenvalue weighted by Crippen LogP contribution is 2.27. The summed E-state index contributed by atoms with van der Waals surface area (Å²) in [6, 6.07) is 0.564. The summed E-state index contributed by atoms with van der Waals surface area (Å²) in [4.78, 5) is 28.5. The molecule has 0 aromatic rings. The van der Waals surface area contributed by atoms with Gasteiger partial charge in [0.25, 0.3) is 0 Å². The molecule has 1 aliphatic heterocycles. The Labute approximate surface area is 107 Å². The van der Waals surface area contributed by atoms with Gasteiger partial charge in [-0.05, 0) is 19.8 Å². The van der Waals surface area contributed by atoms with Crippen LogP contribution < -0.4 is 0 Å². The molecule has 2 rings (SSSR count). The highest BCUT2D eigenvalue weighted by molar-refractivity contribution is 5.75. The molecule has 0 aromatic carbocycles.